The summed E-state index contributed by atoms with van der Waals surface area (Å²) >= 11 is 0. The fourth-order valence-corrected chi connectivity index (χ4v) is 3.93. The molecule has 1 heterocycles. The maximum absolute atomic E-state index is 13.8. The summed E-state index contributed by atoms with van der Waals surface area (Å²) in [4.78, 5) is 40.2. The summed E-state index contributed by atoms with van der Waals surface area (Å²) in [6, 6.07) is 25.5. The number of carbonyl (C=O) groups is 3. The maximum atomic E-state index is 13.8. The zero-order chi connectivity index (χ0) is 21.1. The number of carbonyl (C=O) groups excluding carboxylic acids is 3. The third-order valence-corrected chi connectivity index (χ3v) is 5.37. The topological polar surface area (TPSA) is 63.7 Å². The van der Waals surface area contributed by atoms with Gasteiger partial charge in [-0.1, -0.05) is 66.7 Å². The van der Waals surface area contributed by atoms with E-state index in [1.165, 1.54) is 6.92 Å². The quantitative estimate of drug-likeness (QED) is 0.454. The number of amides is 1. The molecule has 1 amide bonds. The van der Waals surface area contributed by atoms with E-state index in [-0.39, 0.29) is 24.7 Å². The second kappa shape index (κ2) is 7.95. The molecule has 1 aliphatic heterocycles. The molecule has 5 heteroatoms. The fourth-order valence-electron chi connectivity index (χ4n) is 3.93. The van der Waals surface area contributed by atoms with Crippen LogP contribution in [0.4, 0.5) is 11.4 Å². The Morgan fingerprint density at radius 3 is 2.13 bits per heavy atom. The molecule has 0 aliphatic carbocycles. The number of rotatable bonds is 6. The molecule has 30 heavy (non-hydrogen) atoms. The summed E-state index contributed by atoms with van der Waals surface area (Å²) in [5.41, 5.74) is 1.31. The summed E-state index contributed by atoms with van der Waals surface area (Å²) < 4.78 is 5.34. The Bertz CT molecular complexity index is 1090. The van der Waals surface area contributed by atoms with E-state index in [4.69, 9.17) is 4.74 Å². The minimum absolute atomic E-state index is 0.0938. The van der Waals surface area contributed by atoms with Crippen LogP contribution in [-0.2, 0) is 19.7 Å². The van der Waals surface area contributed by atoms with E-state index in [0.29, 0.717) is 22.5 Å². The first-order valence-corrected chi connectivity index (χ1v) is 9.74. The van der Waals surface area contributed by atoms with Gasteiger partial charge >= 0.3 is 5.97 Å². The van der Waals surface area contributed by atoms with Crippen molar-refractivity contribution in [2.24, 2.45) is 0 Å². The van der Waals surface area contributed by atoms with Crippen molar-refractivity contribution in [3.63, 3.8) is 0 Å². The van der Waals surface area contributed by atoms with E-state index in [2.05, 4.69) is 0 Å². The molecule has 150 valence electrons. The third kappa shape index (κ3) is 3.39. The average molecular weight is 399 g/mol. The third-order valence-electron chi connectivity index (χ3n) is 5.37. The summed E-state index contributed by atoms with van der Waals surface area (Å²) in [7, 11) is 0. The lowest BCUT2D eigenvalue weighted by molar-refractivity contribution is -0.144. The molecule has 0 N–H and O–H groups in total. The highest BCUT2D eigenvalue weighted by molar-refractivity contribution is 6.15. The van der Waals surface area contributed by atoms with Crippen molar-refractivity contribution in [1.29, 1.82) is 0 Å². The summed E-state index contributed by atoms with van der Waals surface area (Å²) in [5.74, 6) is -0.953. The second-order valence-corrected chi connectivity index (χ2v) is 7.32. The highest BCUT2D eigenvalue weighted by atomic mass is 16.5. The first-order valence-electron chi connectivity index (χ1n) is 9.74. The Hall–Kier alpha value is -3.73. The molecule has 0 spiro atoms. The van der Waals surface area contributed by atoms with E-state index in [9.17, 15) is 14.4 Å². The lowest BCUT2D eigenvalue weighted by Crippen LogP contribution is -2.44. The Labute approximate surface area is 174 Å². The number of benzene rings is 3. The Balaban J connectivity index is 1.83. The number of para-hydroxylation sites is 2. The van der Waals surface area contributed by atoms with Gasteiger partial charge in [0, 0.05) is 24.6 Å². The minimum atomic E-state index is -1.29. The Morgan fingerprint density at radius 1 is 0.867 bits per heavy atom. The molecule has 3 aromatic carbocycles. The molecule has 0 bridgehead atoms. The molecule has 3 aromatic rings. The van der Waals surface area contributed by atoms with Crippen LogP contribution in [0.15, 0.2) is 84.9 Å². The number of ether oxygens (including phenoxy) is 1. The van der Waals surface area contributed by atoms with E-state index >= 15 is 0 Å². The molecule has 0 aromatic heterocycles. The molecule has 1 aliphatic rings. The van der Waals surface area contributed by atoms with E-state index in [1.54, 1.807) is 29.2 Å². The predicted molar refractivity (Wildman–Crippen MR) is 114 cm³/mol. The van der Waals surface area contributed by atoms with Crippen LogP contribution in [0.1, 0.15) is 29.3 Å². The Kier molecular flexibility index (Phi) is 5.19. The molecule has 4 rings (SSSR count). The van der Waals surface area contributed by atoms with Gasteiger partial charge in [-0.2, -0.15) is 0 Å². The Morgan fingerprint density at radius 2 is 1.47 bits per heavy atom. The summed E-state index contributed by atoms with van der Waals surface area (Å²) in [5, 5.41) is 0. The molecule has 5 nitrogen and oxygen atoms in total. The van der Waals surface area contributed by atoms with Gasteiger partial charge < -0.3 is 4.74 Å². The van der Waals surface area contributed by atoms with Gasteiger partial charge in [-0.15, -0.1) is 0 Å². The zero-order valence-electron chi connectivity index (χ0n) is 16.6. The van der Waals surface area contributed by atoms with Crippen LogP contribution in [0.5, 0.6) is 0 Å². The van der Waals surface area contributed by atoms with Crippen molar-refractivity contribution in [2.45, 2.75) is 18.8 Å². The largest absolute Gasteiger partial charge is 0.464 e. The van der Waals surface area contributed by atoms with Crippen molar-refractivity contribution in [3.8, 4) is 0 Å². The van der Waals surface area contributed by atoms with Gasteiger partial charge in [-0.05, 0) is 23.8 Å². The number of nitrogens with zero attached hydrogens (tertiary/aromatic N) is 1. The van der Waals surface area contributed by atoms with Crippen LogP contribution in [0.25, 0.3) is 0 Å². The molecular weight excluding hydrogens is 378 g/mol. The highest BCUT2D eigenvalue weighted by Crippen LogP contribution is 2.48. The van der Waals surface area contributed by atoms with Gasteiger partial charge in [0.05, 0.1) is 5.69 Å². The molecule has 1 atom stereocenters. The fraction of sp³-hybridized carbons (Fsp3) is 0.160. The predicted octanol–water partition coefficient (Wildman–Crippen LogP) is 4.44. The van der Waals surface area contributed by atoms with E-state index in [0.717, 1.165) is 0 Å². The van der Waals surface area contributed by atoms with E-state index in [1.807, 2.05) is 60.7 Å². The monoisotopic (exact) mass is 399 g/mol. The summed E-state index contributed by atoms with van der Waals surface area (Å²) in [6.07, 6.45) is -0.0938. The van der Waals surface area contributed by atoms with Crippen molar-refractivity contribution in [2.75, 3.05) is 11.5 Å². The van der Waals surface area contributed by atoms with Crippen LogP contribution in [0.2, 0.25) is 0 Å². The number of hydrogen-bond donors (Lipinski definition) is 0. The lowest BCUT2D eigenvalue weighted by Gasteiger charge is -2.28. The van der Waals surface area contributed by atoms with Gasteiger partial charge in [0.1, 0.15) is 12.0 Å². The van der Waals surface area contributed by atoms with Crippen molar-refractivity contribution in [1.82, 2.24) is 0 Å². The maximum Gasteiger partial charge on any atom is 0.302 e. The second-order valence-electron chi connectivity index (χ2n) is 7.32. The van der Waals surface area contributed by atoms with Gasteiger partial charge in [-0.25, -0.2) is 0 Å². The van der Waals surface area contributed by atoms with Crippen LogP contribution in [0.3, 0.4) is 0 Å². The number of anilines is 2. The van der Waals surface area contributed by atoms with Gasteiger partial charge in [0.2, 0.25) is 5.91 Å². The normalized spacial score (nSPS) is 17.5. The number of ketones is 1. The van der Waals surface area contributed by atoms with E-state index < -0.39 is 11.4 Å². The molecule has 0 unspecified atom stereocenters. The summed E-state index contributed by atoms with van der Waals surface area (Å²) in [6.45, 7) is 1.10. The average Bonchev–Trinajstić information content (AvgIpc) is 3.02. The first kappa shape index (κ1) is 19.6. The van der Waals surface area contributed by atoms with Crippen molar-refractivity contribution >= 4 is 29.0 Å². The van der Waals surface area contributed by atoms with Gasteiger partial charge in [0.25, 0.3) is 0 Å². The first-order chi connectivity index (χ1) is 14.5. The highest BCUT2D eigenvalue weighted by Gasteiger charge is 2.53. The van der Waals surface area contributed by atoms with Crippen LogP contribution in [-0.4, -0.2) is 24.3 Å². The van der Waals surface area contributed by atoms with Crippen LogP contribution >= 0.6 is 0 Å². The molecule has 0 fully saturated rings. The number of Topliss-reactive ketones (excluding diaryl/α,β-unsaturated/α-hetero) is 1. The molecule has 0 saturated heterocycles. The van der Waals surface area contributed by atoms with Crippen LogP contribution < -0.4 is 4.90 Å². The lowest BCUT2D eigenvalue weighted by atomic mass is 9.77. The van der Waals surface area contributed by atoms with Crippen LogP contribution in [0, 0.1) is 0 Å². The smallest absolute Gasteiger partial charge is 0.302 e. The van der Waals surface area contributed by atoms with Crippen molar-refractivity contribution < 1.29 is 19.1 Å². The minimum Gasteiger partial charge on any atom is -0.464 e. The van der Waals surface area contributed by atoms with Crippen molar-refractivity contribution in [3.05, 3.63) is 96.1 Å². The zero-order valence-corrected chi connectivity index (χ0v) is 16.6. The van der Waals surface area contributed by atoms with Gasteiger partial charge in [0.15, 0.2) is 5.78 Å². The SMILES string of the molecule is CC(=O)OC[C@]1(CC(=O)c2ccccc2)C(=O)N(c2ccccc2)c2ccccc21. The van der Waals surface area contributed by atoms with Gasteiger partial charge in [-0.3, -0.25) is 19.3 Å². The molecule has 0 saturated carbocycles. The number of fused-ring (bicyclic) bond motifs is 1. The number of esters is 1. The molecule has 0 radical (unpaired) electrons. The molecular formula is C25H21NO4. The number of hydrogen-bond acceptors (Lipinski definition) is 4. The standard InChI is InChI=1S/C25H21NO4/c1-18(27)30-17-25(16-23(28)19-10-4-2-5-11-19)21-14-8-9-15-22(21)26(24(25)29)20-12-6-3-7-13-20/h2-15H,16-17H2,1H3/t25-/m0/s1.